The smallest absolute Gasteiger partial charge is 0.408 e. The molecule has 0 spiro atoms. The monoisotopic (exact) mass is 357 g/mol. The van der Waals surface area contributed by atoms with Crippen LogP contribution < -0.4 is 5.32 Å². The Balaban J connectivity index is 2.58. The molecule has 0 aliphatic carbocycles. The van der Waals surface area contributed by atoms with Gasteiger partial charge in [-0.2, -0.15) is 0 Å². The Labute approximate surface area is 132 Å². The fraction of sp³-hybridized carbons (Fsp3) is 0.467. The van der Waals surface area contributed by atoms with Crippen molar-refractivity contribution in [2.24, 2.45) is 0 Å². The molecular formula is C15H20BrNO4. The van der Waals surface area contributed by atoms with Gasteiger partial charge in [0.15, 0.2) is 0 Å². The third-order valence-corrected chi connectivity index (χ3v) is 3.09. The zero-order valence-electron chi connectivity index (χ0n) is 12.4. The SMILES string of the molecule is CC(C)(C)OC(=O)N[C@H](CCc1cccc(Br)c1)C(=O)O. The average molecular weight is 358 g/mol. The second-order valence-electron chi connectivity index (χ2n) is 5.71. The number of ether oxygens (including phenoxy) is 1. The standard InChI is InChI=1S/C15H20BrNO4/c1-15(2,3)21-14(20)17-12(13(18)19)8-7-10-5-4-6-11(16)9-10/h4-6,9,12H,7-8H2,1-3H3,(H,17,20)(H,18,19)/t12-/m1/s1. The van der Waals surface area contributed by atoms with E-state index in [-0.39, 0.29) is 0 Å². The molecule has 0 aromatic heterocycles. The number of carbonyl (C=O) groups is 2. The minimum absolute atomic E-state index is 0.297. The lowest BCUT2D eigenvalue weighted by molar-refractivity contribution is -0.139. The van der Waals surface area contributed by atoms with Crippen LogP contribution in [-0.2, 0) is 16.0 Å². The Morgan fingerprint density at radius 3 is 2.57 bits per heavy atom. The highest BCUT2D eigenvalue weighted by Crippen LogP contribution is 2.14. The number of carbonyl (C=O) groups excluding carboxylic acids is 1. The van der Waals surface area contributed by atoms with Crippen LogP contribution in [0.15, 0.2) is 28.7 Å². The highest BCUT2D eigenvalue weighted by molar-refractivity contribution is 9.10. The fourth-order valence-electron chi connectivity index (χ4n) is 1.71. The Morgan fingerprint density at radius 2 is 2.05 bits per heavy atom. The molecular weight excluding hydrogens is 338 g/mol. The number of aryl methyl sites for hydroxylation is 1. The van der Waals surface area contributed by atoms with Crippen LogP contribution in [0.1, 0.15) is 32.8 Å². The first kappa shape index (κ1) is 17.5. The van der Waals surface area contributed by atoms with Crippen LogP contribution >= 0.6 is 15.9 Å². The molecule has 1 aromatic rings. The molecule has 21 heavy (non-hydrogen) atoms. The van der Waals surface area contributed by atoms with Gasteiger partial charge in [0.1, 0.15) is 11.6 Å². The Hall–Kier alpha value is -1.56. The van der Waals surface area contributed by atoms with Gasteiger partial charge in [-0.05, 0) is 51.3 Å². The van der Waals surface area contributed by atoms with E-state index in [0.717, 1.165) is 10.0 Å². The van der Waals surface area contributed by atoms with Crippen LogP contribution in [0.25, 0.3) is 0 Å². The molecule has 1 amide bonds. The number of carboxylic acids is 1. The highest BCUT2D eigenvalue weighted by atomic mass is 79.9. The van der Waals surface area contributed by atoms with Crippen LogP contribution in [0.3, 0.4) is 0 Å². The summed E-state index contributed by atoms with van der Waals surface area (Å²) < 4.78 is 6.01. The minimum atomic E-state index is -1.07. The van der Waals surface area contributed by atoms with Gasteiger partial charge in [0.05, 0.1) is 0 Å². The molecule has 0 unspecified atom stereocenters. The number of hydrogen-bond donors (Lipinski definition) is 2. The number of benzene rings is 1. The maximum absolute atomic E-state index is 11.6. The predicted octanol–water partition coefficient (Wildman–Crippen LogP) is 3.36. The average Bonchev–Trinajstić information content (AvgIpc) is 2.32. The van der Waals surface area contributed by atoms with Crippen molar-refractivity contribution in [3.05, 3.63) is 34.3 Å². The van der Waals surface area contributed by atoms with E-state index in [0.29, 0.717) is 12.8 Å². The summed E-state index contributed by atoms with van der Waals surface area (Å²) in [5.41, 5.74) is 0.346. The third-order valence-electron chi connectivity index (χ3n) is 2.60. The number of hydrogen-bond acceptors (Lipinski definition) is 3. The topological polar surface area (TPSA) is 75.6 Å². The zero-order chi connectivity index (χ0) is 16.0. The van der Waals surface area contributed by atoms with Gasteiger partial charge < -0.3 is 15.2 Å². The summed E-state index contributed by atoms with van der Waals surface area (Å²) in [6.45, 7) is 5.18. The number of halogens is 1. The van der Waals surface area contributed by atoms with E-state index in [9.17, 15) is 14.7 Å². The lowest BCUT2D eigenvalue weighted by Gasteiger charge is -2.22. The van der Waals surface area contributed by atoms with Crippen molar-refractivity contribution >= 4 is 28.0 Å². The van der Waals surface area contributed by atoms with E-state index in [1.54, 1.807) is 20.8 Å². The van der Waals surface area contributed by atoms with Crippen LogP contribution in [0.5, 0.6) is 0 Å². The van der Waals surface area contributed by atoms with Gasteiger partial charge in [-0.15, -0.1) is 0 Å². The summed E-state index contributed by atoms with van der Waals surface area (Å²) >= 11 is 3.37. The van der Waals surface area contributed by atoms with Crippen LogP contribution in [-0.4, -0.2) is 28.8 Å². The van der Waals surface area contributed by atoms with Crippen LogP contribution in [0.4, 0.5) is 4.79 Å². The van der Waals surface area contributed by atoms with Crippen molar-refractivity contribution in [2.75, 3.05) is 0 Å². The lowest BCUT2D eigenvalue weighted by Crippen LogP contribution is -2.43. The largest absolute Gasteiger partial charge is 0.480 e. The van der Waals surface area contributed by atoms with Gasteiger partial charge >= 0.3 is 12.1 Å². The molecule has 1 atom stereocenters. The summed E-state index contributed by atoms with van der Waals surface area (Å²) in [7, 11) is 0. The molecule has 0 aliphatic heterocycles. The lowest BCUT2D eigenvalue weighted by atomic mass is 10.1. The molecule has 6 heteroatoms. The van der Waals surface area contributed by atoms with Gasteiger partial charge in [-0.3, -0.25) is 0 Å². The van der Waals surface area contributed by atoms with E-state index in [1.807, 2.05) is 24.3 Å². The molecule has 0 saturated carbocycles. The summed E-state index contributed by atoms with van der Waals surface area (Å²) in [6, 6.07) is 6.65. The minimum Gasteiger partial charge on any atom is -0.480 e. The van der Waals surface area contributed by atoms with Crippen molar-refractivity contribution in [2.45, 2.75) is 45.3 Å². The summed E-state index contributed by atoms with van der Waals surface area (Å²) in [6.07, 6.45) is 0.126. The number of carboxylic acid groups (broad SMARTS) is 1. The fourth-order valence-corrected chi connectivity index (χ4v) is 2.16. The number of rotatable bonds is 5. The first-order valence-corrected chi connectivity index (χ1v) is 7.43. The second-order valence-corrected chi connectivity index (χ2v) is 6.62. The molecule has 5 nitrogen and oxygen atoms in total. The molecule has 0 saturated heterocycles. The number of aliphatic carboxylic acids is 1. The number of nitrogens with one attached hydrogen (secondary N) is 1. The summed E-state index contributed by atoms with van der Waals surface area (Å²) in [4.78, 5) is 22.8. The molecule has 0 bridgehead atoms. The zero-order valence-corrected chi connectivity index (χ0v) is 13.9. The molecule has 0 radical (unpaired) electrons. The normalized spacial score (nSPS) is 12.6. The van der Waals surface area contributed by atoms with Crippen molar-refractivity contribution in [3.63, 3.8) is 0 Å². The molecule has 0 fully saturated rings. The van der Waals surface area contributed by atoms with E-state index in [4.69, 9.17) is 4.74 Å². The maximum Gasteiger partial charge on any atom is 0.408 e. The molecule has 116 valence electrons. The number of amides is 1. The van der Waals surface area contributed by atoms with E-state index >= 15 is 0 Å². The Morgan fingerprint density at radius 1 is 1.38 bits per heavy atom. The summed E-state index contributed by atoms with van der Waals surface area (Å²) in [5.74, 6) is -1.07. The number of alkyl carbamates (subject to hydrolysis) is 1. The van der Waals surface area contributed by atoms with Gasteiger partial charge in [-0.25, -0.2) is 9.59 Å². The Bertz CT molecular complexity index is 511. The highest BCUT2D eigenvalue weighted by Gasteiger charge is 2.23. The van der Waals surface area contributed by atoms with Gasteiger partial charge in [0, 0.05) is 4.47 Å². The summed E-state index contributed by atoms with van der Waals surface area (Å²) in [5, 5.41) is 11.6. The first-order valence-electron chi connectivity index (χ1n) is 6.64. The molecule has 1 rings (SSSR count). The van der Waals surface area contributed by atoms with Gasteiger partial charge in [0.2, 0.25) is 0 Å². The van der Waals surface area contributed by atoms with Crippen molar-refractivity contribution < 1.29 is 19.4 Å². The Kier molecular flexibility index (Phi) is 6.20. The third kappa shape index (κ3) is 7.13. The molecule has 1 aromatic carbocycles. The van der Waals surface area contributed by atoms with E-state index in [2.05, 4.69) is 21.2 Å². The maximum atomic E-state index is 11.6. The van der Waals surface area contributed by atoms with E-state index in [1.165, 1.54) is 0 Å². The van der Waals surface area contributed by atoms with Crippen LogP contribution in [0.2, 0.25) is 0 Å². The van der Waals surface area contributed by atoms with Crippen molar-refractivity contribution in [1.82, 2.24) is 5.32 Å². The quantitative estimate of drug-likeness (QED) is 0.846. The molecule has 0 heterocycles. The van der Waals surface area contributed by atoms with Crippen molar-refractivity contribution in [3.8, 4) is 0 Å². The molecule has 2 N–H and O–H groups in total. The van der Waals surface area contributed by atoms with Gasteiger partial charge in [-0.1, -0.05) is 28.1 Å². The second kappa shape index (κ2) is 7.45. The first-order chi connectivity index (χ1) is 9.67. The van der Waals surface area contributed by atoms with Crippen LogP contribution in [0, 0.1) is 0 Å². The predicted molar refractivity (Wildman–Crippen MR) is 83.3 cm³/mol. The molecule has 0 aliphatic rings. The van der Waals surface area contributed by atoms with Gasteiger partial charge in [0.25, 0.3) is 0 Å². The van der Waals surface area contributed by atoms with E-state index < -0.39 is 23.7 Å². The van der Waals surface area contributed by atoms with Crippen molar-refractivity contribution in [1.29, 1.82) is 0 Å².